The third kappa shape index (κ3) is 2.23. The number of para-hydroxylation sites is 2. The van der Waals surface area contributed by atoms with E-state index in [1.54, 1.807) is 24.3 Å². The number of aryl methyl sites for hydroxylation is 1. The highest BCUT2D eigenvalue weighted by Gasteiger charge is 2.20. The van der Waals surface area contributed by atoms with E-state index in [0.717, 1.165) is 10.9 Å². The maximum atomic E-state index is 11.6. The van der Waals surface area contributed by atoms with E-state index in [0.29, 0.717) is 22.4 Å². The Morgan fingerprint density at radius 3 is 2.52 bits per heavy atom. The molecule has 0 atom stereocenters. The summed E-state index contributed by atoms with van der Waals surface area (Å²) in [5.41, 5.74) is 3.10. The summed E-state index contributed by atoms with van der Waals surface area (Å²) >= 11 is 0. The van der Waals surface area contributed by atoms with Crippen LogP contribution in [0.3, 0.4) is 0 Å². The van der Waals surface area contributed by atoms with Crippen molar-refractivity contribution >= 4 is 28.0 Å². The topological polar surface area (TPSA) is 76.2 Å². The zero-order valence-corrected chi connectivity index (χ0v) is 12.3. The molecule has 0 spiro atoms. The third-order valence-corrected chi connectivity index (χ3v) is 3.68. The number of hydrogen-bond donors (Lipinski definition) is 1. The van der Waals surface area contributed by atoms with Crippen LogP contribution in [0.25, 0.3) is 33.5 Å². The molecule has 0 amide bonds. The van der Waals surface area contributed by atoms with Crippen molar-refractivity contribution in [3.05, 3.63) is 59.8 Å². The molecule has 4 rings (SSSR count). The highest BCUT2D eigenvalue weighted by Crippen LogP contribution is 2.30. The molecular weight excluding hydrogens is 292 g/mol. The molecule has 0 aliphatic carbocycles. The number of furan rings is 1. The Kier molecular flexibility index (Phi) is 2.87. The van der Waals surface area contributed by atoms with E-state index >= 15 is 0 Å². The first kappa shape index (κ1) is 13.5. The molecule has 2 aromatic carbocycles. The van der Waals surface area contributed by atoms with Crippen LogP contribution in [0.5, 0.6) is 0 Å². The summed E-state index contributed by atoms with van der Waals surface area (Å²) in [6, 6.07) is 14.8. The van der Waals surface area contributed by atoms with Crippen LogP contribution in [0, 0.1) is 6.92 Å². The van der Waals surface area contributed by atoms with Crippen molar-refractivity contribution in [3.63, 3.8) is 0 Å². The van der Waals surface area contributed by atoms with Crippen LogP contribution < -0.4 is 0 Å². The molecule has 2 aromatic heterocycles. The number of carboxylic acid groups (broad SMARTS) is 1. The van der Waals surface area contributed by atoms with Crippen molar-refractivity contribution in [1.82, 2.24) is 9.97 Å². The summed E-state index contributed by atoms with van der Waals surface area (Å²) in [5.74, 6) is -0.726. The van der Waals surface area contributed by atoms with E-state index in [1.165, 1.54) is 0 Å². The largest absolute Gasteiger partial charge is 0.476 e. The van der Waals surface area contributed by atoms with Gasteiger partial charge >= 0.3 is 5.97 Å². The van der Waals surface area contributed by atoms with Crippen LogP contribution in [0.4, 0.5) is 0 Å². The molecule has 112 valence electrons. The van der Waals surface area contributed by atoms with Gasteiger partial charge in [0.25, 0.3) is 0 Å². The fourth-order valence-corrected chi connectivity index (χ4v) is 2.60. The first-order valence-electron chi connectivity index (χ1n) is 7.12. The number of hydrogen-bond acceptors (Lipinski definition) is 4. The van der Waals surface area contributed by atoms with Gasteiger partial charge in [-0.1, -0.05) is 23.8 Å². The van der Waals surface area contributed by atoms with Gasteiger partial charge in [-0.15, -0.1) is 0 Å². The number of aromatic carboxylic acids is 1. The first-order chi connectivity index (χ1) is 11.1. The molecule has 0 saturated carbocycles. The van der Waals surface area contributed by atoms with E-state index < -0.39 is 5.97 Å². The zero-order chi connectivity index (χ0) is 16.0. The summed E-state index contributed by atoms with van der Waals surface area (Å²) in [7, 11) is 0. The van der Waals surface area contributed by atoms with Gasteiger partial charge in [0.1, 0.15) is 11.3 Å². The van der Waals surface area contributed by atoms with Crippen LogP contribution in [0.1, 0.15) is 16.1 Å². The number of carbonyl (C=O) groups is 1. The Balaban J connectivity index is 2.01. The predicted molar refractivity (Wildman–Crippen MR) is 86.4 cm³/mol. The lowest BCUT2D eigenvalue weighted by Gasteiger charge is -2.04. The Hall–Kier alpha value is -3.21. The van der Waals surface area contributed by atoms with Crippen LogP contribution in [-0.2, 0) is 0 Å². The summed E-state index contributed by atoms with van der Waals surface area (Å²) in [5, 5.41) is 10.4. The maximum Gasteiger partial charge on any atom is 0.356 e. The maximum absolute atomic E-state index is 11.6. The molecule has 0 saturated heterocycles. The smallest absolute Gasteiger partial charge is 0.356 e. The average Bonchev–Trinajstić information content (AvgIpc) is 2.96. The summed E-state index contributed by atoms with van der Waals surface area (Å²) in [4.78, 5) is 20.2. The molecule has 5 nitrogen and oxygen atoms in total. The summed E-state index contributed by atoms with van der Waals surface area (Å²) in [6.45, 7) is 1.99. The van der Waals surface area contributed by atoms with Crippen LogP contribution >= 0.6 is 0 Å². The second-order valence-corrected chi connectivity index (χ2v) is 5.37. The van der Waals surface area contributed by atoms with Crippen LogP contribution in [-0.4, -0.2) is 21.0 Å². The van der Waals surface area contributed by atoms with Crippen LogP contribution in [0.2, 0.25) is 0 Å². The molecular formula is C18H12N2O3. The normalized spacial score (nSPS) is 11.2. The van der Waals surface area contributed by atoms with Crippen LogP contribution in [0.15, 0.2) is 52.9 Å². The van der Waals surface area contributed by atoms with Crippen molar-refractivity contribution in [2.24, 2.45) is 0 Å². The molecule has 23 heavy (non-hydrogen) atoms. The molecule has 5 heteroatoms. The first-order valence-corrected chi connectivity index (χ1v) is 7.12. The standard InChI is InChI=1S/C18H12N2O3/c1-10-6-7-14-11(8-10)9-15(23-14)16-17(18(21)22)20-13-5-3-2-4-12(13)19-16/h2-9H,1H3,(H,21,22). The molecule has 0 aliphatic heterocycles. The van der Waals surface area contributed by atoms with Gasteiger partial charge < -0.3 is 9.52 Å². The Labute approximate surface area is 131 Å². The average molecular weight is 304 g/mol. The third-order valence-electron chi connectivity index (χ3n) is 3.68. The van der Waals surface area contributed by atoms with E-state index in [1.807, 2.05) is 31.2 Å². The monoisotopic (exact) mass is 304 g/mol. The van der Waals surface area contributed by atoms with Gasteiger partial charge in [0.2, 0.25) is 0 Å². The molecule has 0 bridgehead atoms. The lowest BCUT2D eigenvalue weighted by Crippen LogP contribution is -2.05. The second kappa shape index (κ2) is 4.91. The minimum Gasteiger partial charge on any atom is -0.476 e. The SMILES string of the molecule is Cc1ccc2oc(-c3nc4ccccc4nc3C(=O)O)cc2c1. The van der Waals surface area contributed by atoms with E-state index in [-0.39, 0.29) is 11.4 Å². The van der Waals surface area contributed by atoms with Gasteiger partial charge in [-0.3, -0.25) is 0 Å². The summed E-state index contributed by atoms with van der Waals surface area (Å²) < 4.78 is 5.78. The fraction of sp³-hybridized carbons (Fsp3) is 0.0556. The van der Waals surface area contributed by atoms with Gasteiger partial charge in [0.15, 0.2) is 11.5 Å². The highest BCUT2D eigenvalue weighted by atomic mass is 16.4. The van der Waals surface area contributed by atoms with Crippen molar-refractivity contribution < 1.29 is 14.3 Å². The quantitative estimate of drug-likeness (QED) is 0.604. The Bertz CT molecular complexity index is 1070. The number of aromatic nitrogens is 2. The number of rotatable bonds is 2. The van der Waals surface area contributed by atoms with Crippen molar-refractivity contribution in [2.75, 3.05) is 0 Å². The number of carboxylic acids is 1. The number of benzene rings is 2. The fourth-order valence-electron chi connectivity index (χ4n) is 2.60. The minimum atomic E-state index is -1.13. The van der Waals surface area contributed by atoms with Gasteiger partial charge in [-0.25, -0.2) is 14.8 Å². The molecule has 1 N–H and O–H groups in total. The van der Waals surface area contributed by atoms with Gasteiger partial charge in [0, 0.05) is 5.39 Å². The van der Waals surface area contributed by atoms with Crippen molar-refractivity contribution in [2.45, 2.75) is 6.92 Å². The van der Waals surface area contributed by atoms with Gasteiger partial charge in [0.05, 0.1) is 11.0 Å². The molecule has 0 unspecified atom stereocenters. The number of fused-ring (bicyclic) bond motifs is 2. The summed E-state index contributed by atoms with van der Waals surface area (Å²) in [6.07, 6.45) is 0. The second-order valence-electron chi connectivity index (χ2n) is 5.37. The van der Waals surface area contributed by atoms with Gasteiger partial charge in [-0.05, 0) is 37.3 Å². The van der Waals surface area contributed by atoms with E-state index in [4.69, 9.17) is 4.42 Å². The van der Waals surface area contributed by atoms with Crippen molar-refractivity contribution in [1.29, 1.82) is 0 Å². The lowest BCUT2D eigenvalue weighted by atomic mass is 10.1. The zero-order valence-electron chi connectivity index (χ0n) is 12.3. The predicted octanol–water partition coefficient (Wildman–Crippen LogP) is 4.05. The van der Waals surface area contributed by atoms with E-state index in [2.05, 4.69) is 9.97 Å². The Morgan fingerprint density at radius 1 is 1.04 bits per heavy atom. The van der Waals surface area contributed by atoms with Crippen molar-refractivity contribution in [3.8, 4) is 11.5 Å². The number of nitrogens with zero attached hydrogens (tertiary/aromatic N) is 2. The molecule has 0 radical (unpaired) electrons. The Morgan fingerprint density at radius 2 is 1.78 bits per heavy atom. The molecule has 0 aliphatic rings. The minimum absolute atomic E-state index is 0.112. The molecule has 0 fully saturated rings. The lowest BCUT2D eigenvalue weighted by molar-refractivity contribution is 0.0691. The molecule has 4 aromatic rings. The van der Waals surface area contributed by atoms with E-state index in [9.17, 15) is 9.90 Å². The van der Waals surface area contributed by atoms with Gasteiger partial charge in [-0.2, -0.15) is 0 Å². The molecule has 2 heterocycles. The highest BCUT2D eigenvalue weighted by molar-refractivity contribution is 5.96.